The normalized spacial score (nSPS) is 46.3. The maximum Gasteiger partial charge on any atom is 0.322 e. The van der Waals surface area contributed by atoms with Crippen molar-refractivity contribution in [3.63, 3.8) is 0 Å². The summed E-state index contributed by atoms with van der Waals surface area (Å²) in [6, 6.07) is 0. The lowest BCUT2D eigenvalue weighted by molar-refractivity contribution is -0.207. The zero-order valence-electron chi connectivity index (χ0n) is 20.4. The van der Waals surface area contributed by atoms with Crippen LogP contribution in [0.5, 0.6) is 0 Å². The number of aliphatic hydroxyl groups is 3. The van der Waals surface area contributed by atoms with Crippen molar-refractivity contribution in [1.82, 2.24) is 5.32 Å². The van der Waals surface area contributed by atoms with Gasteiger partial charge in [0.05, 0.1) is 18.3 Å². The highest BCUT2D eigenvalue weighted by atomic mass is 16.4. The van der Waals surface area contributed by atoms with Crippen molar-refractivity contribution in [3.8, 4) is 0 Å². The van der Waals surface area contributed by atoms with Gasteiger partial charge in [-0.3, -0.25) is 9.59 Å². The fourth-order valence-electron chi connectivity index (χ4n) is 8.95. The molecule has 1 amide bonds. The number of amides is 1. The average Bonchev–Trinajstić information content (AvgIpc) is 3.11. The minimum Gasteiger partial charge on any atom is -0.480 e. The highest BCUT2D eigenvalue weighted by molar-refractivity contribution is 5.81. The van der Waals surface area contributed by atoms with Gasteiger partial charge in [0.25, 0.3) is 0 Å². The first kappa shape index (κ1) is 27.4. The van der Waals surface area contributed by atoms with E-state index in [9.17, 15) is 24.9 Å². The van der Waals surface area contributed by atoms with Crippen molar-refractivity contribution in [2.45, 2.75) is 104 Å². The van der Waals surface area contributed by atoms with Gasteiger partial charge in [-0.2, -0.15) is 0 Å². The third-order valence-corrected chi connectivity index (χ3v) is 10.8. The molecule has 4 aliphatic rings. The molecule has 0 bridgehead atoms. The summed E-state index contributed by atoms with van der Waals surface area (Å²) in [5.41, 5.74) is -0.214. The number of aliphatic hydroxyl groups excluding tert-OH is 3. The molecule has 11 unspecified atom stereocenters. The van der Waals surface area contributed by atoms with Crippen LogP contribution in [0.3, 0.4) is 0 Å². The zero-order chi connectivity index (χ0) is 24.1. The summed E-state index contributed by atoms with van der Waals surface area (Å²) in [6.45, 7) is 6.35. The number of carbonyl (C=O) groups excluding carboxylic acids is 1. The van der Waals surface area contributed by atoms with Crippen LogP contribution < -0.4 is 5.32 Å². The first-order valence-electron chi connectivity index (χ1n) is 13.0. The molecule has 4 aliphatic carbocycles. The van der Waals surface area contributed by atoms with Crippen molar-refractivity contribution in [2.24, 2.45) is 46.3 Å². The van der Waals surface area contributed by atoms with Crippen LogP contribution in [0.2, 0.25) is 0 Å². The molecule has 5 N–H and O–H groups in total. The molecule has 0 aromatic heterocycles. The van der Waals surface area contributed by atoms with Crippen LogP contribution in [0.1, 0.15) is 86.0 Å². The second-order valence-electron chi connectivity index (χ2n) is 12.2. The van der Waals surface area contributed by atoms with Gasteiger partial charge < -0.3 is 25.7 Å². The molecule has 7 nitrogen and oxygen atoms in total. The Morgan fingerprint density at radius 3 is 2.41 bits per heavy atom. The Hall–Kier alpha value is -1.18. The molecule has 0 aromatic carbocycles. The van der Waals surface area contributed by atoms with Crippen LogP contribution >= 0.6 is 0 Å². The van der Waals surface area contributed by atoms with Crippen molar-refractivity contribution < 1.29 is 30.0 Å². The molecular weight excluding hydrogens is 434 g/mol. The van der Waals surface area contributed by atoms with Crippen molar-refractivity contribution in [3.05, 3.63) is 0 Å². The Morgan fingerprint density at radius 2 is 1.74 bits per heavy atom. The third kappa shape index (κ3) is 4.53. The van der Waals surface area contributed by atoms with E-state index in [2.05, 4.69) is 26.1 Å². The van der Waals surface area contributed by atoms with Crippen LogP contribution in [-0.2, 0) is 9.59 Å². The molecule has 0 aromatic rings. The van der Waals surface area contributed by atoms with E-state index in [4.69, 9.17) is 5.11 Å². The fourth-order valence-corrected chi connectivity index (χ4v) is 8.95. The SMILES string of the molecule is C.CC(CCC(=O)NCC(=O)O)C1CCC2C3C(O)CC4CC(O)CCC4(C)C3CC(O)C12C. The summed E-state index contributed by atoms with van der Waals surface area (Å²) >= 11 is 0. The van der Waals surface area contributed by atoms with Gasteiger partial charge >= 0.3 is 5.97 Å². The van der Waals surface area contributed by atoms with Crippen molar-refractivity contribution in [1.29, 1.82) is 0 Å². The molecular formula is C27H47NO6. The number of aliphatic carboxylic acids is 1. The Balaban J connectivity index is 0.00000324. The van der Waals surface area contributed by atoms with E-state index < -0.39 is 12.1 Å². The lowest BCUT2D eigenvalue weighted by atomic mass is 9.43. The number of hydrogen-bond acceptors (Lipinski definition) is 5. The lowest BCUT2D eigenvalue weighted by Crippen LogP contribution is -2.62. The Kier molecular flexibility index (Phi) is 8.11. The summed E-state index contributed by atoms with van der Waals surface area (Å²) in [5, 5.41) is 44.4. The molecule has 0 saturated heterocycles. The molecule has 0 radical (unpaired) electrons. The van der Waals surface area contributed by atoms with Crippen LogP contribution in [0, 0.1) is 46.3 Å². The van der Waals surface area contributed by atoms with Gasteiger partial charge in [-0.1, -0.05) is 28.2 Å². The van der Waals surface area contributed by atoms with Gasteiger partial charge in [-0.25, -0.2) is 0 Å². The van der Waals surface area contributed by atoms with Gasteiger partial charge in [0.1, 0.15) is 6.54 Å². The Morgan fingerprint density at radius 1 is 1.03 bits per heavy atom. The van der Waals surface area contributed by atoms with E-state index >= 15 is 0 Å². The van der Waals surface area contributed by atoms with Gasteiger partial charge in [0.15, 0.2) is 0 Å². The van der Waals surface area contributed by atoms with Crippen molar-refractivity contribution >= 4 is 11.9 Å². The quantitative estimate of drug-likeness (QED) is 0.396. The smallest absolute Gasteiger partial charge is 0.322 e. The number of nitrogens with one attached hydrogen (secondary N) is 1. The second-order valence-corrected chi connectivity index (χ2v) is 12.2. The maximum atomic E-state index is 12.0. The highest BCUT2D eigenvalue weighted by Gasteiger charge is 2.65. The summed E-state index contributed by atoms with van der Waals surface area (Å²) < 4.78 is 0. The monoisotopic (exact) mass is 481 g/mol. The standard InChI is InChI=1S/C26H43NO6.CH4/c1-14(4-7-22(31)27-13-23(32)33)17-5-6-18-24-19(12-21(30)26(17,18)3)25(2)9-8-16(28)10-15(25)11-20(24)29;/h14-21,24,28-30H,4-13H2,1-3H3,(H,27,31)(H,32,33);1H4. The summed E-state index contributed by atoms with van der Waals surface area (Å²) in [6.07, 6.45) is 5.86. The fraction of sp³-hybridized carbons (Fsp3) is 0.926. The first-order chi connectivity index (χ1) is 15.5. The predicted molar refractivity (Wildman–Crippen MR) is 130 cm³/mol. The number of carbonyl (C=O) groups is 2. The van der Waals surface area contributed by atoms with Crippen LogP contribution in [0.25, 0.3) is 0 Å². The number of hydrogen-bond donors (Lipinski definition) is 5. The predicted octanol–water partition coefficient (Wildman–Crippen LogP) is 3.20. The molecule has 0 heterocycles. The summed E-state index contributed by atoms with van der Waals surface area (Å²) in [5.74, 6) is 0.265. The van der Waals surface area contributed by atoms with E-state index in [0.717, 1.165) is 38.5 Å². The summed E-state index contributed by atoms with van der Waals surface area (Å²) in [7, 11) is 0. The van der Waals surface area contributed by atoms with E-state index in [1.54, 1.807) is 0 Å². The molecule has 0 spiro atoms. The van der Waals surface area contributed by atoms with Crippen LogP contribution in [-0.4, -0.2) is 57.2 Å². The van der Waals surface area contributed by atoms with E-state index in [1.807, 2.05) is 0 Å². The topological polar surface area (TPSA) is 127 Å². The molecule has 4 saturated carbocycles. The molecule has 7 heteroatoms. The molecule has 34 heavy (non-hydrogen) atoms. The molecule has 4 fully saturated rings. The van der Waals surface area contributed by atoms with E-state index in [0.29, 0.717) is 25.2 Å². The number of rotatable bonds is 6. The van der Waals surface area contributed by atoms with Crippen LogP contribution in [0.15, 0.2) is 0 Å². The molecule has 0 aliphatic heterocycles. The average molecular weight is 482 g/mol. The largest absolute Gasteiger partial charge is 0.480 e. The van der Waals surface area contributed by atoms with Gasteiger partial charge in [0, 0.05) is 6.42 Å². The Labute approximate surface area is 204 Å². The highest BCUT2D eigenvalue weighted by Crippen LogP contribution is 2.68. The number of carboxylic acids is 1. The first-order valence-corrected chi connectivity index (χ1v) is 13.0. The van der Waals surface area contributed by atoms with Gasteiger partial charge in [0.2, 0.25) is 5.91 Å². The number of carboxylic acid groups (broad SMARTS) is 1. The second kappa shape index (κ2) is 10.1. The molecule has 196 valence electrons. The van der Waals surface area contributed by atoms with E-state index in [1.165, 1.54) is 0 Å². The summed E-state index contributed by atoms with van der Waals surface area (Å²) in [4.78, 5) is 22.7. The third-order valence-electron chi connectivity index (χ3n) is 10.8. The number of fused-ring (bicyclic) bond motifs is 5. The Bertz CT molecular complexity index is 759. The minimum atomic E-state index is -1.04. The maximum absolute atomic E-state index is 12.0. The minimum absolute atomic E-state index is 0. The van der Waals surface area contributed by atoms with E-state index in [-0.39, 0.29) is 72.5 Å². The van der Waals surface area contributed by atoms with Gasteiger partial charge in [-0.15, -0.1) is 0 Å². The molecule has 11 atom stereocenters. The van der Waals surface area contributed by atoms with Crippen LogP contribution in [0.4, 0.5) is 0 Å². The lowest BCUT2D eigenvalue weighted by Gasteiger charge is -2.63. The molecule has 4 rings (SSSR count). The zero-order valence-corrected chi connectivity index (χ0v) is 20.4. The van der Waals surface area contributed by atoms with Gasteiger partial charge in [-0.05, 0) is 97.7 Å². The van der Waals surface area contributed by atoms with Crippen molar-refractivity contribution in [2.75, 3.05) is 6.54 Å².